The molecule has 1 saturated heterocycles. The molecule has 4 rings (SSSR count). The first-order chi connectivity index (χ1) is 12.7. The van der Waals surface area contributed by atoms with Crippen molar-refractivity contribution in [3.05, 3.63) is 53.6 Å². The molecule has 27 heavy (non-hydrogen) atoms. The first kappa shape index (κ1) is 17.1. The van der Waals surface area contributed by atoms with E-state index < -0.39 is 36.7 Å². The van der Waals surface area contributed by atoms with Gasteiger partial charge in [-0.1, -0.05) is 0 Å². The predicted molar refractivity (Wildman–Crippen MR) is 92.0 cm³/mol. The average molecular weight is 376 g/mol. The Labute approximate surface area is 151 Å². The summed E-state index contributed by atoms with van der Waals surface area (Å²) < 4.78 is 43.5. The van der Waals surface area contributed by atoms with Crippen LogP contribution in [0.15, 0.2) is 36.7 Å². The third-order valence-corrected chi connectivity index (χ3v) is 4.51. The summed E-state index contributed by atoms with van der Waals surface area (Å²) in [6.45, 7) is -0.600. The van der Waals surface area contributed by atoms with E-state index in [0.29, 0.717) is 5.56 Å². The van der Waals surface area contributed by atoms with Gasteiger partial charge in [-0.25, -0.2) is 22.7 Å². The average Bonchev–Trinajstić information content (AvgIpc) is 3.13. The van der Waals surface area contributed by atoms with Crippen LogP contribution in [0.1, 0.15) is 28.4 Å². The Morgan fingerprint density at radius 2 is 2.07 bits per heavy atom. The van der Waals surface area contributed by atoms with Gasteiger partial charge in [0, 0.05) is 18.3 Å². The maximum Gasteiger partial charge on any atom is 0.267 e. The highest BCUT2D eigenvalue weighted by Crippen LogP contribution is 2.43. The summed E-state index contributed by atoms with van der Waals surface area (Å²) in [5, 5.41) is 3.96. The minimum Gasteiger partial charge on any atom is -0.399 e. The molecular weight excluding hydrogens is 361 g/mol. The Bertz CT molecular complexity index is 1030. The van der Waals surface area contributed by atoms with Gasteiger partial charge in [-0.3, -0.25) is 4.79 Å². The second-order valence-corrected chi connectivity index (χ2v) is 6.50. The lowest BCUT2D eigenvalue weighted by atomic mass is 10.0. The number of fused-ring (bicyclic) bond motifs is 1. The van der Waals surface area contributed by atoms with Gasteiger partial charge in [-0.15, -0.1) is 0 Å². The fourth-order valence-electron chi connectivity index (χ4n) is 3.38. The molecule has 0 aliphatic carbocycles. The molecule has 0 spiro atoms. The van der Waals surface area contributed by atoms with Crippen molar-refractivity contribution in [2.45, 2.75) is 18.4 Å². The largest absolute Gasteiger partial charge is 0.399 e. The third-order valence-electron chi connectivity index (χ3n) is 4.51. The van der Waals surface area contributed by atoms with Crippen LogP contribution in [0, 0.1) is 5.82 Å². The number of carbonyl (C=O) groups excluding carboxylic acids is 1. The summed E-state index contributed by atoms with van der Waals surface area (Å²) in [6, 6.07) is 4.45. The second kappa shape index (κ2) is 5.86. The number of anilines is 2. The van der Waals surface area contributed by atoms with Crippen molar-refractivity contribution in [2.75, 3.05) is 17.2 Å². The normalized spacial score (nSPS) is 18.9. The number of primary amides is 1. The van der Waals surface area contributed by atoms with Crippen LogP contribution < -0.4 is 16.4 Å². The van der Waals surface area contributed by atoms with Crippen molar-refractivity contribution in [2.24, 2.45) is 5.73 Å². The molecular formula is C17H15F3N6O. The van der Waals surface area contributed by atoms with E-state index >= 15 is 0 Å². The Morgan fingerprint density at radius 3 is 2.78 bits per heavy atom. The molecule has 1 aliphatic heterocycles. The van der Waals surface area contributed by atoms with Crippen LogP contribution in [0.2, 0.25) is 0 Å². The van der Waals surface area contributed by atoms with Gasteiger partial charge in [-0.2, -0.15) is 5.10 Å². The lowest BCUT2D eigenvalue weighted by molar-refractivity contribution is 0.0222. The highest BCUT2D eigenvalue weighted by Gasteiger charge is 2.46. The highest BCUT2D eigenvalue weighted by molar-refractivity contribution is 5.98. The number of nitrogen functional groups attached to an aromatic ring is 1. The molecule has 1 amide bonds. The van der Waals surface area contributed by atoms with E-state index in [1.54, 1.807) is 0 Å². The number of aromatic nitrogens is 3. The zero-order valence-corrected chi connectivity index (χ0v) is 13.9. The van der Waals surface area contributed by atoms with E-state index in [0.717, 1.165) is 6.07 Å². The van der Waals surface area contributed by atoms with Gasteiger partial charge in [0.1, 0.15) is 17.2 Å². The topological polar surface area (TPSA) is 103 Å². The monoisotopic (exact) mass is 376 g/mol. The summed E-state index contributed by atoms with van der Waals surface area (Å²) in [5.41, 5.74) is 11.7. The summed E-state index contributed by atoms with van der Waals surface area (Å²) in [7, 11) is 0. The standard InChI is InChI=1S/C17H15F3N6O/c18-10-3-9(4-11(21)5-10)13-6-17(19,20)8-25(13)14-1-2-26-16(24-14)12(7-23-26)15(22)27/h1-5,7,13H,6,8,21H2,(H2,22,27)/t13-/m1/s1. The molecule has 0 radical (unpaired) electrons. The second-order valence-electron chi connectivity index (χ2n) is 6.50. The van der Waals surface area contributed by atoms with E-state index in [1.807, 2.05) is 0 Å². The fourth-order valence-corrected chi connectivity index (χ4v) is 3.38. The number of carbonyl (C=O) groups is 1. The van der Waals surface area contributed by atoms with Crippen molar-refractivity contribution in [3.63, 3.8) is 0 Å². The molecule has 0 saturated carbocycles. The van der Waals surface area contributed by atoms with Crippen molar-refractivity contribution in [1.29, 1.82) is 0 Å². The van der Waals surface area contributed by atoms with Crippen molar-refractivity contribution >= 4 is 23.1 Å². The summed E-state index contributed by atoms with van der Waals surface area (Å²) in [4.78, 5) is 17.2. The van der Waals surface area contributed by atoms with Gasteiger partial charge in [0.25, 0.3) is 11.8 Å². The van der Waals surface area contributed by atoms with Crippen LogP contribution in [-0.4, -0.2) is 33.0 Å². The number of hydrogen-bond donors (Lipinski definition) is 2. The molecule has 0 unspecified atom stereocenters. The van der Waals surface area contributed by atoms with Gasteiger partial charge >= 0.3 is 0 Å². The maximum absolute atomic E-state index is 14.2. The molecule has 2 aromatic heterocycles. The molecule has 3 heterocycles. The summed E-state index contributed by atoms with van der Waals surface area (Å²) >= 11 is 0. The van der Waals surface area contributed by atoms with Gasteiger partial charge in [0.2, 0.25) is 0 Å². The SMILES string of the molecule is NC(=O)c1cnn2ccc(N3CC(F)(F)C[C@@H]3c3cc(N)cc(F)c3)nc12. The van der Waals surface area contributed by atoms with E-state index in [1.165, 1.54) is 40.0 Å². The van der Waals surface area contributed by atoms with Crippen LogP contribution in [0.3, 0.4) is 0 Å². The Balaban J connectivity index is 1.81. The molecule has 4 N–H and O–H groups in total. The van der Waals surface area contributed by atoms with Crippen LogP contribution in [0.25, 0.3) is 5.65 Å². The zero-order chi connectivity index (χ0) is 19.3. The number of benzene rings is 1. The van der Waals surface area contributed by atoms with E-state index in [4.69, 9.17) is 11.5 Å². The first-order valence-electron chi connectivity index (χ1n) is 8.08. The summed E-state index contributed by atoms with van der Waals surface area (Å²) in [5.74, 6) is -4.12. The van der Waals surface area contributed by atoms with Crippen LogP contribution >= 0.6 is 0 Å². The Morgan fingerprint density at radius 1 is 1.30 bits per heavy atom. The third kappa shape index (κ3) is 3.03. The summed E-state index contributed by atoms with van der Waals surface area (Å²) in [6.07, 6.45) is 2.25. The molecule has 1 atom stereocenters. The van der Waals surface area contributed by atoms with E-state index in [9.17, 15) is 18.0 Å². The van der Waals surface area contributed by atoms with Crippen LogP contribution in [0.5, 0.6) is 0 Å². The molecule has 140 valence electrons. The number of nitrogens with zero attached hydrogens (tertiary/aromatic N) is 4. The molecule has 1 aliphatic rings. The van der Waals surface area contributed by atoms with Crippen molar-refractivity contribution in [1.82, 2.24) is 14.6 Å². The molecule has 7 nitrogen and oxygen atoms in total. The quantitative estimate of drug-likeness (QED) is 0.682. The van der Waals surface area contributed by atoms with Gasteiger partial charge in [-0.05, 0) is 29.8 Å². The minimum absolute atomic E-state index is 0.0781. The smallest absolute Gasteiger partial charge is 0.267 e. The van der Waals surface area contributed by atoms with E-state index in [-0.39, 0.29) is 22.7 Å². The van der Waals surface area contributed by atoms with Crippen LogP contribution in [-0.2, 0) is 0 Å². The Kier molecular flexibility index (Phi) is 3.72. The lowest BCUT2D eigenvalue weighted by Crippen LogP contribution is -2.27. The van der Waals surface area contributed by atoms with Gasteiger partial charge in [0.05, 0.1) is 18.8 Å². The number of hydrogen-bond acceptors (Lipinski definition) is 5. The van der Waals surface area contributed by atoms with E-state index in [2.05, 4.69) is 10.1 Å². The Hall–Kier alpha value is -3.30. The molecule has 10 heteroatoms. The van der Waals surface area contributed by atoms with Gasteiger partial charge < -0.3 is 16.4 Å². The zero-order valence-electron chi connectivity index (χ0n) is 13.9. The maximum atomic E-state index is 14.2. The van der Waals surface area contributed by atoms with Crippen molar-refractivity contribution < 1.29 is 18.0 Å². The number of alkyl halides is 2. The number of nitrogens with two attached hydrogens (primary N) is 2. The highest BCUT2D eigenvalue weighted by atomic mass is 19.3. The lowest BCUT2D eigenvalue weighted by Gasteiger charge is -2.25. The molecule has 3 aromatic rings. The minimum atomic E-state index is -2.99. The van der Waals surface area contributed by atoms with Gasteiger partial charge in [0.15, 0.2) is 5.65 Å². The number of halogens is 3. The number of rotatable bonds is 3. The number of amides is 1. The first-order valence-corrected chi connectivity index (χ1v) is 8.08. The molecule has 1 aromatic carbocycles. The van der Waals surface area contributed by atoms with Crippen LogP contribution in [0.4, 0.5) is 24.7 Å². The van der Waals surface area contributed by atoms with Crippen molar-refractivity contribution in [3.8, 4) is 0 Å². The molecule has 0 bridgehead atoms. The molecule has 1 fully saturated rings. The predicted octanol–water partition coefficient (Wildman–Crippen LogP) is 2.14. The fraction of sp³-hybridized carbons (Fsp3) is 0.235.